The van der Waals surface area contributed by atoms with Crippen molar-refractivity contribution in [1.29, 1.82) is 0 Å². The van der Waals surface area contributed by atoms with Crippen LogP contribution >= 0.6 is 0 Å². The average Bonchev–Trinajstić information content (AvgIpc) is 2.47. The van der Waals surface area contributed by atoms with Gasteiger partial charge in [-0.25, -0.2) is 4.39 Å². The smallest absolute Gasteiger partial charge is 0.230 e. The van der Waals surface area contributed by atoms with Crippen LogP contribution in [0.5, 0.6) is 0 Å². The minimum atomic E-state index is -0.593. The van der Waals surface area contributed by atoms with Crippen LogP contribution in [0.2, 0.25) is 0 Å². The van der Waals surface area contributed by atoms with E-state index in [4.69, 9.17) is 4.74 Å². The Bertz CT molecular complexity index is 499. The lowest BCUT2D eigenvalue weighted by molar-refractivity contribution is -0.130. The lowest BCUT2D eigenvalue weighted by Crippen LogP contribution is -2.48. The highest BCUT2D eigenvalue weighted by molar-refractivity contribution is 5.88. The molecule has 1 saturated heterocycles. The number of carbonyl (C=O) groups excluding carboxylic acids is 1. The summed E-state index contributed by atoms with van der Waals surface area (Å²) in [7, 11) is 0. The van der Waals surface area contributed by atoms with Gasteiger partial charge in [0.15, 0.2) is 0 Å². The Morgan fingerprint density at radius 2 is 1.82 bits per heavy atom. The molecule has 4 heteroatoms. The quantitative estimate of drug-likeness (QED) is 0.925. The van der Waals surface area contributed by atoms with Crippen molar-refractivity contribution < 1.29 is 13.9 Å². The van der Waals surface area contributed by atoms with Crippen molar-refractivity contribution in [2.75, 3.05) is 19.8 Å². The van der Waals surface area contributed by atoms with Gasteiger partial charge in [-0.05, 0) is 42.4 Å². The SMILES string of the molecule is CC(C)(C)CCNC(=O)C1(c2ccc(F)cc2)CCOCC1. The maximum atomic E-state index is 13.2. The van der Waals surface area contributed by atoms with Crippen molar-refractivity contribution in [3.8, 4) is 0 Å². The Labute approximate surface area is 132 Å². The maximum Gasteiger partial charge on any atom is 0.230 e. The molecule has 1 amide bonds. The van der Waals surface area contributed by atoms with E-state index < -0.39 is 5.41 Å². The number of rotatable bonds is 4. The third kappa shape index (κ3) is 4.07. The fourth-order valence-electron chi connectivity index (χ4n) is 2.86. The van der Waals surface area contributed by atoms with Crippen LogP contribution < -0.4 is 5.32 Å². The Balaban J connectivity index is 2.14. The van der Waals surface area contributed by atoms with E-state index >= 15 is 0 Å². The summed E-state index contributed by atoms with van der Waals surface area (Å²) >= 11 is 0. The molecule has 1 aliphatic heterocycles. The predicted molar refractivity (Wildman–Crippen MR) is 85.2 cm³/mol. The number of benzene rings is 1. The largest absolute Gasteiger partial charge is 0.381 e. The zero-order valence-electron chi connectivity index (χ0n) is 13.7. The molecule has 1 fully saturated rings. The van der Waals surface area contributed by atoms with Crippen LogP contribution in [-0.4, -0.2) is 25.7 Å². The van der Waals surface area contributed by atoms with Crippen molar-refractivity contribution >= 4 is 5.91 Å². The highest BCUT2D eigenvalue weighted by Gasteiger charge is 2.41. The van der Waals surface area contributed by atoms with Crippen molar-refractivity contribution in [2.24, 2.45) is 5.41 Å². The molecular weight excluding hydrogens is 281 g/mol. The van der Waals surface area contributed by atoms with E-state index in [0.29, 0.717) is 32.6 Å². The summed E-state index contributed by atoms with van der Waals surface area (Å²) in [6.07, 6.45) is 2.20. The third-order valence-electron chi connectivity index (χ3n) is 4.34. The summed E-state index contributed by atoms with van der Waals surface area (Å²) in [5, 5.41) is 3.07. The van der Waals surface area contributed by atoms with Crippen molar-refractivity contribution in [1.82, 2.24) is 5.32 Å². The fraction of sp³-hybridized carbons (Fsp3) is 0.611. The number of amides is 1. The summed E-state index contributed by atoms with van der Waals surface area (Å²) in [6, 6.07) is 6.30. The van der Waals surface area contributed by atoms with Crippen LogP contribution in [0.3, 0.4) is 0 Å². The molecule has 0 spiro atoms. The molecule has 122 valence electrons. The molecule has 3 nitrogen and oxygen atoms in total. The number of ether oxygens (including phenoxy) is 1. The molecular formula is C18H26FNO2. The average molecular weight is 307 g/mol. The van der Waals surface area contributed by atoms with E-state index in [2.05, 4.69) is 26.1 Å². The van der Waals surface area contributed by atoms with Gasteiger partial charge in [0, 0.05) is 19.8 Å². The first-order valence-electron chi connectivity index (χ1n) is 7.96. The third-order valence-corrected chi connectivity index (χ3v) is 4.34. The van der Waals surface area contributed by atoms with Crippen molar-refractivity contribution in [3.63, 3.8) is 0 Å². The Hall–Kier alpha value is -1.42. The first kappa shape index (κ1) is 16.9. The van der Waals surface area contributed by atoms with Gasteiger partial charge in [0.2, 0.25) is 5.91 Å². The van der Waals surface area contributed by atoms with Gasteiger partial charge in [0.05, 0.1) is 5.41 Å². The van der Waals surface area contributed by atoms with E-state index in [1.54, 1.807) is 12.1 Å². The first-order chi connectivity index (χ1) is 10.3. The monoisotopic (exact) mass is 307 g/mol. The molecule has 0 aromatic heterocycles. The molecule has 0 atom stereocenters. The first-order valence-corrected chi connectivity index (χ1v) is 7.96. The maximum absolute atomic E-state index is 13.2. The lowest BCUT2D eigenvalue weighted by Gasteiger charge is -2.36. The molecule has 1 heterocycles. The highest BCUT2D eigenvalue weighted by Crippen LogP contribution is 2.35. The normalized spacial score (nSPS) is 18.0. The summed E-state index contributed by atoms with van der Waals surface area (Å²) in [5.74, 6) is -0.245. The molecule has 1 aromatic carbocycles. The number of halogens is 1. The van der Waals surface area contributed by atoms with E-state index in [1.165, 1.54) is 12.1 Å². The van der Waals surface area contributed by atoms with Gasteiger partial charge in [-0.15, -0.1) is 0 Å². The molecule has 1 N–H and O–H groups in total. The predicted octanol–water partition coefficient (Wildman–Crippen LogP) is 3.43. The zero-order chi connectivity index (χ0) is 16.2. The number of carbonyl (C=O) groups is 1. The molecule has 0 bridgehead atoms. The second-order valence-corrected chi connectivity index (χ2v) is 7.27. The Morgan fingerprint density at radius 1 is 1.23 bits per heavy atom. The Morgan fingerprint density at radius 3 is 2.36 bits per heavy atom. The van der Waals surface area contributed by atoms with E-state index in [1.807, 2.05) is 0 Å². The summed E-state index contributed by atoms with van der Waals surface area (Å²) in [6.45, 7) is 8.25. The summed E-state index contributed by atoms with van der Waals surface area (Å²) in [4.78, 5) is 12.8. The standard InChI is InChI=1S/C18H26FNO2/c1-17(2,3)8-11-20-16(21)18(9-12-22-13-10-18)14-4-6-15(19)7-5-14/h4-7H,8-13H2,1-3H3,(H,20,21). The van der Waals surface area contributed by atoms with E-state index in [0.717, 1.165) is 12.0 Å². The zero-order valence-corrected chi connectivity index (χ0v) is 13.7. The van der Waals surface area contributed by atoms with Gasteiger partial charge < -0.3 is 10.1 Å². The van der Waals surface area contributed by atoms with Crippen molar-refractivity contribution in [3.05, 3.63) is 35.6 Å². The minimum Gasteiger partial charge on any atom is -0.381 e. The van der Waals surface area contributed by atoms with Gasteiger partial charge >= 0.3 is 0 Å². The molecule has 0 saturated carbocycles. The van der Waals surface area contributed by atoms with Crippen LogP contribution in [0.1, 0.15) is 45.6 Å². The second kappa shape index (κ2) is 6.78. The minimum absolute atomic E-state index is 0.0339. The molecule has 1 aromatic rings. The Kier molecular flexibility index (Phi) is 5.22. The molecule has 0 aliphatic carbocycles. The van der Waals surface area contributed by atoms with Crippen molar-refractivity contribution in [2.45, 2.75) is 45.4 Å². The van der Waals surface area contributed by atoms with Gasteiger partial charge in [0.25, 0.3) is 0 Å². The molecule has 0 unspecified atom stereocenters. The van der Waals surface area contributed by atoms with Gasteiger partial charge in [-0.2, -0.15) is 0 Å². The molecule has 0 radical (unpaired) electrons. The number of nitrogens with one attached hydrogen (secondary N) is 1. The molecule has 22 heavy (non-hydrogen) atoms. The molecule has 2 rings (SSSR count). The van der Waals surface area contributed by atoms with Gasteiger partial charge in [-0.3, -0.25) is 4.79 Å². The summed E-state index contributed by atoms with van der Waals surface area (Å²) < 4.78 is 18.6. The van der Waals surface area contributed by atoms with Crippen LogP contribution in [0, 0.1) is 11.2 Å². The van der Waals surface area contributed by atoms with Gasteiger partial charge in [0.1, 0.15) is 5.82 Å². The van der Waals surface area contributed by atoms with E-state index in [-0.39, 0.29) is 17.1 Å². The van der Waals surface area contributed by atoms with Crippen LogP contribution in [0.15, 0.2) is 24.3 Å². The lowest BCUT2D eigenvalue weighted by atomic mass is 9.73. The van der Waals surface area contributed by atoms with E-state index in [9.17, 15) is 9.18 Å². The number of hydrogen-bond acceptors (Lipinski definition) is 2. The fourth-order valence-corrected chi connectivity index (χ4v) is 2.86. The van der Waals surface area contributed by atoms with Crippen LogP contribution in [-0.2, 0) is 14.9 Å². The van der Waals surface area contributed by atoms with Crippen LogP contribution in [0.25, 0.3) is 0 Å². The second-order valence-electron chi connectivity index (χ2n) is 7.27. The topological polar surface area (TPSA) is 38.3 Å². The molecule has 1 aliphatic rings. The van der Waals surface area contributed by atoms with Gasteiger partial charge in [-0.1, -0.05) is 32.9 Å². The summed E-state index contributed by atoms with van der Waals surface area (Å²) in [5.41, 5.74) is 0.473. The van der Waals surface area contributed by atoms with Crippen LogP contribution in [0.4, 0.5) is 4.39 Å². The highest BCUT2D eigenvalue weighted by atomic mass is 19.1. The number of hydrogen-bond donors (Lipinski definition) is 1.